The van der Waals surface area contributed by atoms with Crippen LogP contribution in [0.15, 0.2) is 41.5 Å². The van der Waals surface area contributed by atoms with Crippen LogP contribution in [-0.4, -0.2) is 32.5 Å². The van der Waals surface area contributed by atoms with Gasteiger partial charge in [-0.05, 0) is 29.8 Å². The van der Waals surface area contributed by atoms with Crippen LogP contribution in [0.5, 0.6) is 0 Å². The molecule has 1 aliphatic rings. The second-order valence-corrected chi connectivity index (χ2v) is 6.56. The highest BCUT2D eigenvalue weighted by atomic mass is 35.5. The molecule has 2 aromatic carbocycles. The number of ether oxygens (including phenoxy) is 1. The van der Waals surface area contributed by atoms with Crippen LogP contribution in [-0.2, 0) is 4.74 Å². The molecule has 1 saturated heterocycles. The summed E-state index contributed by atoms with van der Waals surface area (Å²) in [6, 6.07) is 11.4. The number of benzene rings is 2. The topological polar surface area (TPSA) is 36.9 Å². The summed E-state index contributed by atoms with van der Waals surface area (Å²) in [5.41, 5.74) is 5.55. The van der Waals surface area contributed by atoms with Crippen molar-refractivity contribution in [3.8, 4) is 0 Å². The van der Waals surface area contributed by atoms with E-state index in [1.807, 2.05) is 12.1 Å². The Balaban J connectivity index is 1.65. The van der Waals surface area contributed by atoms with Gasteiger partial charge in [-0.1, -0.05) is 46.9 Å². The van der Waals surface area contributed by atoms with Gasteiger partial charge in [-0.2, -0.15) is 5.10 Å². The molecular weight excluding hydrogens is 369 g/mol. The highest BCUT2D eigenvalue weighted by Crippen LogP contribution is 2.33. The number of halogens is 3. The van der Waals surface area contributed by atoms with E-state index in [-0.39, 0.29) is 0 Å². The lowest BCUT2D eigenvalue weighted by molar-refractivity contribution is 0.122. The average Bonchev–Trinajstić information content (AvgIpc) is 2.58. The van der Waals surface area contributed by atoms with E-state index in [1.165, 1.54) is 5.69 Å². The number of hydrogen-bond acceptors (Lipinski definition) is 4. The first-order valence-corrected chi connectivity index (χ1v) is 8.63. The van der Waals surface area contributed by atoms with Crippen LogP contribution in [0.4, 0.5) is 11.4 Å². The summed E-state index contributed by atoms with van der Waals surface area (Å²) in [5, 5.41) is 5.52. The largest absolute Gasteiger partial charge is 0.378 e. The fourth-order valence-electron chi connectivity index (χ4n) is 2.41. The molecule has 7 heteroatoms. The Morgan fingerprint density at radius 2 is 1.62 bits per heavy atom. The fourth-order valence-corrected chi connectivity index (χ4v) is 3.31. The summed E-state index contributed by atoms with van der Waals surface area (Å²) >= 11 is 18.1. The van der Waals surface area contributed by atoms with Crippen molar-refractivity contribution in [1.82, 2.24) is 0 Å². The van der Waals surface area contributed by atoms with Crippen molar-refractivity contribution in [3.63, 3.8) is 0 Å². The van der Waals surface area contributed by atoms with E-state index >= 15 is 0 Å². The molecule has 3 rings (SSSR count). The summed E-state index contributed by atoms with van der Waals surface area (Å²) in [6.07, 6.45) is 1.71. The summed E-state index contributed by atoms with van der Waals surface area (Å²) in [4.78, 5) is 2.30. The maximum atomic E-state index is 6.10. The summed E-state index contributed by atoms with van der Waals surface area (Å²) in [6.45, 7) is 3.39. The zero-order valence-corrected chi connectivity index (χ0v) is 15.1. The predicted octanol–water partition coefficient (Wildman–Crippen LogP) is 4.93. The molecule has 1 fully saturated rings. The van der Waals surface area contributed by atoms with Crippen LogP contribution >= 0.6 is 34.8 Å². The number of nitrogens with zero attached hydrogens (tertiary/aromatic N) is 2. The molecule has 0 atom stereocenters. The van der Waals surface area contributed by atoms with Crippen molar-refractivity contribution >= 4 is 52.4 Å². The highest BCUT2D eigenvalue weighted by molar-refractivity contribution is 6.41. The average molecular weight is 385 g/mol. The molecule has 0 aromatic heterocycles. The van der Waals surface area contributed by atoms with Gasteiger partial charge < -0.3 is 9.64 Å². The lowest BCUT2D eigenvalue weighted by Crippen LogP contribution is -2.36. The van der Waals surface area contributed by atoms with Crippen molar-refractivity contribution in [2.45, 2.75) is 0 Å². The molecule has 126 valence electrons. The van der Waals surface area contributed by atoms with Crippen molar-refractivity contribution in [3.05, 3.63) is 57.0 Å². The monoisotopic (exact) mass is 383 g/mol. The van der Waals surface area contributed by atoms with Gasteiger partial charge in [0, 0.05) is 23.8 Å². The summed E-state index contributed by atoms with van der Waals surface area (Å²) in [5.74, 6) is 0. The third-order valence-corrected chi connectivity index (χ3v) is 4.48. The van der Waals surface area contributed by atoms with E-state index in [0.717, 1.165) is 31.9 Å². The van der Waals surface area contributed by atoms with E-state index in [1.54, 1.807) is 18.3 Å². The first-order valence-electron chi connectivity index (χ1n) is 7.50. The number of nitrogens with one attached hydrogen (secondary N) is 1. The van der Waals surface area contributed by atoms with Crippen LogP contribution in [0.3, 0.4) is 0 Å². The smallest absolute Gasteiger partial charge is 0.0935 e. The molecule has 0 bridgehead atoms. The maximum Gasteiger partial charge on any atom is 0.0935 e. The second-order valence-electron chi connectivity index (χ2n) is 5.31. The van der Waals surface area contributed by atoms with E-state index in [2.05, 4.69) is 27.6 Å². The molecular formula is C17H16Cl3N3O. The maximum absolute atomic E-state index is 6.10. The molecule has 0 amide bonds. The van der Waals surface area contributed by atoms with Gasteiger partial charge in [0.2, 0.25) is 0 Å². The lowest BCUT2D eigenvalue weighted by Gasteiger charge is -2.28. The van der Waals surface area contributed by atoms with Crippen LogP contribution < -0.4 is 10.3 Å². The van der Waals surface area contributed by atoms with Crippen LogP contribution in [0.2, 0.25) is 15.1 Å². The zero-order valence-electron chi connectivity index (χ0n) is 12.8. The Morgan fingerprint density at radius 1 is 1.00 bits per heavy atom. The van der Waals surface area contributed by atoms with Gasteiger partial charge in [0.15, 0.2) is 0 Å². The molecule has 0 spiro atoms. The number of anilines is 2. The molecule has 1 heterocycles. The van der Waals surface area contributed by atoms with Gasteiger partial charge in [0.1, 0.15) is 0 Å². The van der Waals surface area contributed by atoms with Crippen LogP contribution in [0.1, 0.15) is 5.56 Å². The molecule has 4 nitrogen and oxygen atoms in total. The first kappa shape index (κ1) is 17.4. The standard InChI is InChI=1S/C17H16Cl3N3O/c18-13-9-15(19)17(16(20)10-13)22-21-11-12-1-3-14(4-2-12)23-5-7-24-8-6-23/h1-4,9-11,22H,5-8H2. The third kappa shape index (κ3) is 4.33. The van der Waals surface area contributed by atoms with Crippen molar-refractivity contribution < 1.29 is 4.74 Å². The summed E-state index contributed by atoms with van der Waals surface area (Å²) < 4.78 is 5.37. The molecule has 0 radical (unpaired) electrons. The minimum absolute atomic E-state index is 0.423. The Labute approximate surface area is 156 Å². The van der Waals surface area contributed by atoms with E-state index in [0.29, 0.717) is 20.8 Å². The van der Waals surface area contributed by atoms with Crippen molar-refractivity contribution in [2.75, 3.05) is 36.6 Å². The van der Waals surface area contributed by atoms with Crippen LogP contribution in [0.25, 0.3) is 0 Å². The molecule has 0 saturated carbocycles. The van der Waals surface area contributed by atoms with Gasteiger partial charge in [-0.15, -0.1) is 0 Å². The molecule has 1 N–H and O–H groups in total. The number of rotatable bonds is 4. The van der Waals surface area contributed by atoms with Gasteiger partial charge in [-0.25, -0.2) is 0 Å². The van der Waals surface area contributed by atoms with E-state index in [4.69, 9.17) is 39.5 Å². The molecule has 0 aliphatic carbocycles. The normalized spacial score (nSPS) is 15.0. The number of morpholine rings is 1. The van der Waals surface area contributed by atoms with Gasteiger partial charge in [0.05, 0.1) is 35.2 Å². The van der Waals surface area contributed by atoms with Crippen molar-refractivity contribution in [2.24, 2.45) is 5.10 Å². The van der Waals surface area contributed by atoms with Gasteiger partial charge in [0.25, 0.3) is 0 Å². The molecule has 1 aliphatic heterocycles. The van der Waals surface area contributed by atoms with Crippen molar-refractivity contribution in [1.29, 1.82) is 0 Å². The molecule has 2 aromatic rings. The minimum atomic E-state index is 0.423. The molecule has 24 heavy (non-hydrogen) atoms. The Hall–Kier alpha value is -1.46. The Morgan fingerprint density at radius 3 is 2.25 bits per heavy atom. The second kappa shape index (κ2) is 8.08. The predicted molar refractivity (Wildman–Crippen MR) is 102 cm³/mol. The zero-order chi connectivity index (χ0) is 16.9. The number of hydrogen-bond donors (Lipinski definition) is 1. The number of hydrazone groups is 1. The lowest BCUT2D eigenvalue weighted by atomic mass is 10.2. The minimum Gasteiger partial charge on any atom is -0.378 e. The van der Waals surface area contributed by atoms with Gasteiger partial charge >= 0.3 is 0 Å². The Kier molecular flexibility index (Phi) is 5.85. The highest BCUT2D eigenvalue weighted by Gasteiger charge is 2.10. The van der Waals surface area contributed by atoms with Crippen LogP contribution in [0, 0.1) is 0 Å². The quantitative estimate of drug-likeness (QED) is 0.600. The summed E-state index contributed by atoms with van der Waals surface area (Å²) in [7, 11) is 0. The van der Waals surface area contributed by atoms with E-state index < -0.39 is 0 Å². The van der Waals surface area contributed by atoms with E-state index in [9.17, 15) is 0 Å². The third-order valence-electron chi connectivity index (χ3n) is 3.67. The SMILES string of the molecule is Clc1cc(Cl)c(NN=Cc2ccc(N3CCOCC3)cc2)c(Cl)c1. The fraction of sp³-hybridized carbons (Fsp3) is 0.235. The Bertz CT molecular complexity index is 705. The van der Waals surface area contributed by atoms with Gasteiger partial charge in [-0.3, -0.25) is 5.43 Å². The first-order chi connectivity index (χ1) is 11.6. The molecule has 0 unspecified atom stereocenters.